The summed E-state index contributed by atoms with van der Waals surface area (Å²) >= 11 is 1.70. The van der Waals surface area contributed by atoms with Crippen molar-refractivity contribution in [2.24, 2.45) is 5.73 Å². The Morgan fingerprint density at radius 3 is 2.90 bits per heavy atom. The molecule has 0 saturated heterocycles. The third-order valence-electron chi connectivity index (χ3n) is 0.965. The fourth-order valence-corrected chi connectivity index (χ4v) is 1.22. The minimum atomic E-state index is 0. The smallest absolute Gasteiger partial charge is 0.0882 e. The van der Waals surface area contributed by atoms with Crippen LogP contribution >= 0.6 is 23.7 Å². The van der Waals surface area contributed by atoms with Gasteiger partial charge in [0, 0.05) is 13.1 Å². The van der Waals surface area contributed by atoms with Crippen molar-refractivity contribution < 1.29 is 0 Å². The van der Waals surface area contributed by atoms with E-state index in [0.717, 1.165) is 6.54 Å². The molecule has 0 aliphatic carbocycles. The van der Waals surface area contributed by atoms with Crippen molar-refractivity contribution in [3.8, 4) is 0 Å². The topological polar surface area (TPSA) is 38.0 Å². The number of nitrogens with one attached hydrogen (secondary N) is 1. The van der Waals surface area contributed by atoms with Crippen LogP contribution in [0.3, 0.4) is 0 Å². The van der Waals surface area contributed by atoms with Crippen LogP contribution < -0.4 is 11.1 Å². The van der Waals surface area contributed by atoms with Crippen LogP contribution in [-0.4, -0.2) is 13.1 Å². The zero-order valence-electron chi connectivity index (χ0n) is 5.54. The maximum atomic E-state index is 5.29. The van der Waals surface area contributed by atoms with E-state index in [1.807, 2.05) is 17.5 Å². The lowest BCUT2D eigenvalue weighted by Gasteiger charge is -1.97. The van der Waals surface area contributed by atoms with Gasteiger partial charge in [-0.15, -0.1) is 23.7 Å². The highest BCUT2D eigenvalue weighted by atomic mass is 35.5. The molecular weight excluding hydrogens is 168 g/mol. The fourth-order valence-electron chi connectivity index (χ4n) is 0.575. The first-order chi connectivity index (χ1) is 4.43. The van der Waals surface area contributed by atoms with E-state index in [1.165, 1.54) is 5.00 Å². The lowest BCUT2D eigenvalue weighted by Crippen LogP contribution is -2.12. The van der Waals surface area contributed by atoms with E-state index in [0.29, 0.717) is 6.54 Å². The average Bonchev–Trinajstić information content (AvgIpc) is 2.34. The zero-order chi connectivity index (χ0) is 6.53. The molecular formula is C6H11ClN2S. The summed E-state index contributed by atoms with van der Waals surface area (Å²) in [6.45, 7) is 1.55. The summed E-state index contributed by atoms with van der Waals surface area (Å²) in [5, 5.41) is 6.40. The Bertz CT molecular complexity index is 153. The molecule has 0 fully saturated rings. The monoisotopic (exact) mass is 178 g/mol. The number of thiophene rings is 1. The van der Waals surface area contributed by atoms with Crippen molar-refractivity contribution in [3.05, 3.63) is 17.5 Å². The van der Waals surface area contributed by atoms with Crippen molar-refractivity contribution in [1.82, 2.24) is 0 Å². The minimum absolute atomic E-state index is 0. The summed E-state index contributed by atoms with van der Waals surface area (Å²) in [6, 6.07) is 4.06. The Hall–Kier alpha value is -0.250. The van der Waals surface area contributed by atoms with Crippen molar-refractivity contribution in [2.75, 3.05) is 18.4 Å². The molecule has 2 nitrogen and oxygen atoms in total. The van der Waals surface area contributed by atoms with Crippen molar-refractivity contribution >= 4 is 28.7 Å². The van der Waals surface area contributed by atoms with Gasteiger partial charge in [0.2, 0.25) is 0 Å². The summed E-state index contributed by atoms with van der Waals surface area (Å²) in [5.74, 6) is 0. The maximum absolute atomic E-state index is 5.29. The second-order valence-corrected chi connectivity index (χ2v) is 2.64. The van der Waals surface area contributed by atoms with Gasteiger partial charge in [0.1, 0.15) is 0 Å². The molecule has 0 saturated carbocycles. The Kier molecular flexibility index (Phi) is 5.39. The summed E-state index contributed by atoms with van der Waals surface area (Å²) < 4.78 is 0. The van der Waals surface area contributed by atoms with E-state index < -0.39 is 0 Å². The van der Waals surface area contributed by atoms with Gasteiger partial charge in [-0.2, -0.15) is 0 Å². The molecule has 10 heavy (non-hydrogen) atoms. The molecule has 0 bridgehead atoms. The van der Waals surface area contributed by atoms with Gasteiger partial charge in [0.25, 0.3) is 0 Å². The molecule has 0 aliphatic heterocycles. The standard InChI is InChI=1S/C6H10N2S.ClH/c7-3-4-8-6-2-1-5-9-6;/h1-2,5,8H,3-4,7H2;1H. The molecule has 58 valence electrons. The van der Waals surface area contributed by atoms with Crippen LogP contribution in [0.25, 0.3) is 0 Å². The van der Waals surface area contributed by atoms with Gasteiger partial charge in [-0.25, -0.2) is 0 Å². The van der Waals surface area contributed by atoms with Gasteiger partial charge in [-0.3, -0.25) is 0 Å². The van der Waals surface area contributed by atoms with Crippen LogP contribution in [0.4, 0.5) is 5.00 Å². The maximum Gasteiger partial charge on any atom is 0.0882 e. The molecule has 0 atom stereocenters. The van der Waals surface area contributed by atoms with Gasteiger partial charge >= 0.3 is 0 Å². The van der Waals surface area contributed by atoms with E-state index in [4.69, 9.17) is 5.73 Å². The first-order valence-corrected chi connectivity index (χ1v) is 3.79. The molecule has 1 aromatic rings. The Labute approximate surface area is 70.8 Å². The van der Waals surface area contributed by atoms with E-state index in [-0.39, 0.29) is 12.4 Å². The molecule has 0 spiro atoms. The van der Waals surface area contributed by atoms with Crippen molar-refractivity contribution in [3.63, 3.8) is 0 Å². The molecule has 0 amide bonds. The highest BCUT2D eigenvalue weighted by molar-refractivity contribution is 7.14. The molecule has 1 aromatic heterocycles. The van der Waals surface area contributed by atoms with E-state index in [9.17, 15) is 0 Å². The van der Waals surface area contributed by atoms with E-state index in [1.54, 1.807) is 11.3 Å². The molecule has 0 aliphatic rings. The first-order valence-electron chi connectivity index (χ1n) is 2.91. The number of nitrogens with two attached hydrogens (primary N) is 1. The molecule has 3 N–H and O–H groups in total. The summed E-state index contributed by atoms with van der Waals surface area (Å²) in [5.41, 5.74) is 5.29. The highest BCUT2D eigenvalue weighted by Gasteiger charge is 1.86. The van der Waals surface area contributed by atoms with Crippen LogP contribution in [0.2, 0.25) is 0 Å². The van der Waals surface area contributed by atoms with E-state index >= 15 is 0 Å². The predicted octanol–water partition coefficient (Wildman–Crippen LogP) is 1.54. The third kappa shape index (κ3) is 3.06. The van der Waals surface area contributed by atoms with Crippen LogP contribution in [0.15, 0.2) is 17.5 Å². The molecule has 1 rings (SSSR count). The van der Waals surface area contributed by atoms with Crippen molar-refractivity contribution in [1.29, 1.82) is 0 Å². The van der Waals surface area contributed by atoms with Crippen LogP contribution in [0.5, 0.6) is 0 Å². The normalized spacial score (nSPS) is 8.50. The summed E-state index contributed by atoms with van der Waals surface area (Å²) in [4.78, 5) is 0. The lowest BCUT2D eigenvalue weighted by molar-refractivity contribution is 1.03. The molecule has 1 heterocycles. The van der Waals surface area contributed by atoms with Gasteiger partial charge in [0.05, 0.1) is 5.00 Å². The van der Waals surface area contributed by atoms with Gasteiger partial charge < -0.3 is 11.1 Å². The summed E-state index contributed by atoms with van der Waals surface area (Å²) in [6.07, 6.45) is 0. The van der Waals surface area contributed by atoms with Crippen molar-refractivity contribution in [2.45, 2.75) is 0 Å². The van der Waals surface area contributed by atoms with Crippen LogP contribution in [-0.2, 0) is 0 Å². The van der Waals surface area contributed by atoms with Gasteiger partial charge in [-0.1, -0.05) is 0 Å². The zero-order valence-corrected chi connectivity index (χ0v) is 7.17. The molecule has 0 aromatic carbocycles. The molecule has 0 radical (unpaired) electrons. The van der Waals surface area contributed by atoms with Crippen LogP contribution in [0, 0.1) is 0 Å². The Balaban J connectivity index is 0.000000810. The lowest BCUT2D eigenvalue weighted by atomic mass is 10.6. The van der Waals surface area contributed by atoms with Crippen LogP contribution in [0.1, 0.15) is 0 Å². The highest BCUT2D eigenvalue weighted by Crippen LogP contribution is 2.13. The van der Waals surface area contributed by atoms with E-state index in [2.05, 4.69) is 5.32 Å². The Morgan fingerprint density at radius 2 is 2.40 bits per heavy atom. The van der Waals surface area contributed by atoms with Gasteiger partial charge in [0.15, 0.2) is 0 Å². The quantitative estimate of drug-likeness (QED) is 0.737. The largest absolute Gasteiger partial charge is 0.376 e. The molecule has 4 heteroatoms. The Morgan fingerprint density at radius 1 is 1.60 bits per heavy atom. The SMILES string of the molecule is Cl.NCCNc1cccs1. The minimum Gasteiger partial charge on any atom is -0.376 e. The van der Waals surface area contributed by atoms with Gasteiger partial charge in [-0.05, 0) is 17.5 Å². The number of hydrogen-bond acceptors (Lipinski definition) is 3. The fraction of sp³-hybridized carbons (Fsp3) is 0.333. The third-order valence-corrected chi connectivity index (χ3v) is 1.79. The number of hydrogen-bond donors (Lipinski definition) is 2. The summed E-state index contributed by atoms with van der Waals surface area (Å²) in [7, 11) is 0. The number of rotatable bonds is 3. The number of anilines is 1. The predicted molar refractivity (Wildman–Crippen MR) is 49.1 cm³/mol. The average molecular weight is 179 g/mol. The second kappa shape index (κ2) is 5.53. The molecule has 0 unspecified atom stereocenters. The first kappa shape index (κ1) is 9.75. The second-order valence-electron chi connectivity index (χ2n) is 1.69. The number of halogens is 1.